The van der Waals surface area contributed by atoms with Crippen LogP contribution in [-0.2, 0) is 0 Å². The molecule has 0 saturated carbocycles. The van der Waals surface area contributed by atoms with Crippen LogP contribution in [0.4, 0.5) is 11.4 Å². The Morgan fingerprint density at radius 1 is 1.04 bits per heavy atom. The average molecular weight is 309 g/mol. The third kappa shape index (κ3) is 2.24. The van der Waals surface area contributed by atoms with Crippen LogP contribution in [0.2, 0.25) is 0 Å². The molecular weight excluding hydrogens is 290 g/mol. The van der Waals surface area contributed by atoms with Crippen molar-refractivity contribution in [2.75, 3.05) is 22.9 Å². The molecule has 1 unspecified atom stereocenters. The summed E-state index contributed by atoms with van der Waals surface area (Å²) in [7, 11) is 0. The predicted molar refractivity (Wildman–Crippen MR) is 89.1 cm³/mol. The van der Waals surface area contributed by atoms with Crippen molar-refractivity contribution in [1.29, 1.82) is 0 Å². The molecule has 0 spiro atoms. The van der Waals surface area contributed by atoms with Gasteiger partial charge in [0.25, 0.3) is 5.91 Å². The molecule has 2 aliphatic heterocycles. The van der Waals surface area contributed by atoms with Gasteiger partial charge < -0.3 is 9.80 Å². The van der Waals surface area contributed by atoms with Crippen LogP contribution >= 0.6 is 0 Å². The van der Waals surface area contributed by atoms with Gasteiger partial charge in [-0.25, -0.2) is 5.48 Å². The number of carbonyl (C=O) groups is 1. The highest BCUT2D eigenvalue weighted by molar-refractivity contribution is 5.93. The Bertz CT molecular complexity index is 744. The van der Waals surface area contributed by atoms with Crippen molar-refractivity contribution in [2.45, 2.75) is 19.0 Å². The normalized spacial score (nSPS) is 22.0. The van der Waals surface area contributed by atoms with Crippen molar-refractivity contribution in [3.63, 3.8) is 0 Å². The van der Waals surface area contributed by atoms with Crippen molar-refractivity contribution in [2.24, 2.45) is 0 Å². The first-order chi connectivity index (χ1) is 11.2. The zero-order valence-corrected chi connectivity index (χ0v) is 12.9. The second-order valence-corrected chi connectivity index (χ2v) is 6.27. The van der Waals surface area contributed by atoms with Crippen LogP contribution < -0.4 is 15.3 Å². The Morgan fingerprint density at radius 3 is 2.26 bits per heavy atom. The molecule has 0 radical (unpaired) electrons. The standard InChI is InChI=1S/C18H19N3O2/c1-12-3-2-4-15(9-12)21-11-16-17(21)10-20(16)14-7-5-13(6-8-14)18(22)19-23/h2-9,16-17,23H,10-11H2,1H3,(H,19,22)/t16?,17-/m0/s1. The molecule has 2 N–H and O–H groups in total. The summed E-state index contributed by atoms with van der Waals surface area (Å²) >= 11 is 0. The Hall–Kier alpha value is -2.53. The monoisotopic (exact) mass is 309 g/mol. The molecule has 0 bridgehead atoms. The third-order valence-electron chi connectivity index (χ3n) is 4.91. The Morgan fingerprint density at radius 2 is 1.70 bits per heavy atom. The topological polar surface area (TPSA) is 55.8 Å². The van der Waals surface area contributed by atoms with E-state index in [-0.39, 0.29) is 0 Å². The third-order valence-corrected chi connectivity index (χ3v) is 4.91. The van der Waals surface area contributed by atoms with Gasteiger partial charge in [0.15, 0.2) is 0 Å². The number of carbonyl (C=O) groups excluding carboxylic acids is 1. The molecule has 23 heavy (non-hydrogen) atoms. The first kappa shape index (κ1) is 14.1. The van der Waals surface area contributed by atoms with Gasteiger partial charge in [0.2, 0.25) is 0 Å². The zero-order valence-electron chi connectivity index (χ0n) is 12.9. The van der Waals surface area contributed by atoms with E-state index in [4.69, 9.17) is 5.21 Å². The van der Waals surface area contributed by atoms with Gasteiger partial charge in [0.05, 0.1) is 12.1 Å². The number of fused-ring (bicyclic) bond motifs is 1. The molecule has 2 aliphatic rings. The van der Waals surface area contributed by atoms with Gasteiger partial charge in [0.1, 0.15) is 0 Å². The molecule has 2 heterocycles. The van der Waals surface area contributed by atoms with Gasteiger partial charge in [-0.1, -0.05) is 12.1 Å². The second-order valence-electron chi connectivity index (χ2n) is 6.27. The molecular formula is C18H19N3O2. The quantitative estimate of drug-likeness (QED) is 0.674. The number of nitrogens with zero attached hydrogens (tertiary/aromatic N) is 2. The number of amides is 1. The molecule has 2 aromatic carbocycles. The van der Waals surface area contributed by atoms with Gasteiger partial charge in [-0.05, 0) is 48.9 Å². The SMILES string of the molecule is Cc1cccc(N2CC3[C@@H]2CN3c2ccc(C(=O)NO)cc2)c1. The highest BCUT2D eigenvalue weighted by Gasteiger charge is 2.51. The van der Waals surface area contributed by atoms with Crippen LogP contribution in [0.1, 0.15) is 15.9 Å². The zero-order chi connectivity index (χ0) is 16.0. The van der Waals surface area contributed by atoms with Crippen LogP contribution in [0.25, 0.3) is 0 Å². The minimum Gasteiger partial charge on any atom is -0.362 e. The summed E-state index contributed by atoms with van der Waals surface area (Å²) in [5.74, 6) is -0.479. The maximum absolute atomic E-state index is 11.4. The summed E-state index contributed by atoms with van der Waals surface area (Å²) in [4.78, 5) is 16.2. The lowest BCUT2D eigenvalue weighted by atomic mass is 9.84. The van der Waals surface area contributed by atoms with Crippen LogP contribution in [0, 0.1) is 6.92 Å². The summed E-state index contributed by atoms with van der Waals surface area (Å²) in [5, 5.41) is 8.65. The number of nitrogens with one attached hydrogen (secondary N) is 1. The lowest BCUT2D eigenvalue weighted by Gasteiger charge is -2.63. The second kappa shape index (κ2) is 5.28. The average Bonchev–Trinajstić information content (AvgIpc) is 2.56. The Balaban J connectivity index is 1.43. The van der Waals surface area contributed by atoms with Crippen molar-refractivity contribution in [3.8, 4) is 0 Å². The van der Waals surface area contributed by atoms with Crippen molar-refractivity contribution >= 4 is 17.3 Å². The lowest BCUT2D eigenvalue weighted by molar-refractivity contribution is 0.0706. The van der Waals surface area contributed by atoms with Crippen molar-refractivity contribution in [3.05, 3.63) is 59.7 Å². The molecule has 2 fully saturated rings. The number of benzene rings is 2. The van der Waals surface area contributed by atoms with Gasteiger partial charge in [-0.3, -0.25) is 10.0 Å². The van der Waals surface area contributed by atoms with Gasteiger partial charge >= 0.3 is 0 Å². The highest BCUT2D eigenvalue weighted by atomic mass is 16.5. The predicted octanol–water partition coefficient (Wildman–Crippen LogP) is 2.19. The molecule has 118 valence electrons. The van der Waals surface area contributed by atoms with E-state index in [1.165, 1.54) is 11.3 Å². The molecule has 2 atom stereocenters. The summed E-state index contributed by atoms with van der Waals surface area (Å²) in [5.41, 5.74) is 5.84. The van der Waals surface area contributed by atoms with Crippen LogP contribution in [0.5, 0.6) is 0 Å². The molecule has 4 rings (SSSR count). The Kier molecular flexibility index (Phi) is 3.23. The number of rotatable bonds is 3. The van der Waals surface area contributed by atoms with E-state index < -0.39 is 5.91 Å². The van der Waals surface area contributed by atoms with Gasteiger partial charge in [-0.15, -0.1) is 0 Å². The van der Waals surface area contributed by atoms with Gasteiger partial charge in [-0.2, -0.15) is 0 Å². The van der Waals surface area contributed by atoms with Crippen LogP contribution in [0.3, 0.4) is 0 Å². The molecule has 5 heteroatoms. The minimum atomic E-state index is -0.479. The first-order valence-electron chi connectivity index (χ1n) is 7.82. The number of piperazine rings is 1. The smallest absolute Gasteiger partial charge is 0.274 e. The van der Waals surface area contributed by atoms with E-state index in [0.717, 1.165) is 18.8 Å². The summed E-state index contributed by atoms with van der Waals surface area (Å²) in [6, 6.07) is 17.1. The number of hydrogen-bond acceptors (Lipinski definition) is 4. The fraction of sp³-hybridized carbons (Fsp3) is 0.278. The molecule has 2 aromatic rings. The molecule has 0 aliphatic carbocycles. The highest BCUT2D eigenvalue weighted by Crippen LogP contribution is 2.40. The van der Waals surface area contributed by atoms with E-state index in [2.05, 4.69) is 41.0 Å². The number of hydrogen-bond donors (Lipinski definition) is 2. The van der Waals surface area contributed by atoms with Crippen molar-refractivity contribution in [1.82, 2.24) is 5.48 Å². The lowest BCUT2D eigenvalue weighted by Crippen LogP contribution is -2.79. The van der Waals surface area contributed by atoms with E-state index in [1.54, 1.807) is 17.6 Å². The summed E-state index contributed by atoms with van der Waals surface area (Å²) < 4.78 is 0. The fourth-order valence-electron chi connectivity index (χ4n) is 3.52. The van der Waals surface area contributed by atoms with Crippen LogP contribution in [0.15, 0.2) is 48.5 Å². The van der Waals surface area contributed by atoms with E-state index in [9.17, 15) is 4.79 Å². The fourth-order valence-corrected chi connectivity index (χ4v) is 3.52. The van der Waals surface area contributed by atoms with Crippen molar-refractivity contribution < 1.29 is 10.0 Å². The maximum Gasteiger partial charge on any atom is 0.274 e. The molecule has 5 nitrogen and oxygen atoms in total. The number of hydroxylamine groups is 1. The van der Waals surface area contributed by atoms with E-state index in [1.807, 2.05) is 12.1 Å². The maximum atomic E-state index is 11.4. The molecule has 0 aromatic heterocycles. The Labute approximate surface area is 135 Å². The van der Waals surface area contributed by atoms with E-state index in [0.29, 0.717) is 17.6 Å². The number of anilines is 2. The van der Waals surface area contributed by atoms with Gasteiger partial charge in [0, 0.05) is 30.0 Å². The number of aryl methyl sites for hydroxylation is 1. The summed E-state index contributed by atoms with van der Waals surface area (Å²) in [6.45, 7) is 4.16. The summed E-state index contributed by atoms with van der Waals surface area (Å²) in [6.07, 6.45) is 0. The van der Waals surface area contributed by atoms with Crippen LogP contribution in [-0.4, -0.2) is 36.3 Å². The minimum absolute atomic E-state index is 0.461. The molecule has 1 amide bonds. The first-order valence-corrected chi connectivity index (χ1v) is 7.82. The molecule has 2 saturated heterocycles. The van der Waals surface area contributed by atoms with E-state index >= 15 is 0 Å². The largest absolute Gasteiger partial charge is 0.362 e.